The number of hydrogen-bond donors (Lipinski definition) is 3. The average molecular weight is 224 g/mol. The minimum Gasteiger partial charge on any atom is -0.480 e. The molecule has 1 atom stereocenters. The number of nitrogens with two attached hydrogens (primary N) is 2. The van der Waals surface area contributed by atoms with Crippen molar-refractivity contribution in [3.63, 3.8) is 0 Å². The Balaban J connectivity index is 2.53. The summed E-state index contributed by atoms with van der Waals surface area (Å²) >= 11 is 0. The molecule has 6 heteroatoms. The first kappa shape index (κ1) is 12.0. The molecule has 86 valence electrons. The van der Waals surface area contributed by atoms with Crippen LogP contribution in [0.15, 0.2) is 24.3 Å². The van der Waals surface area contributed by atoms with Crippen LogP contribution in [0.25, 0.3) is 0 Å². The molecule has 0 saturated carbocycles. The van der Waals surface area contributed by atoms with Gasteiger partial charge >= 0.3 is 11.9 Å². The number of ether oxygens (including phenoxy) is 1. The predicted molar refractivity (Wildman–Crippen MR) is 56.7 cm³/mol. The van der Waals surface area contributed by atoms with Crippen molar-refractivity contribution < 1.29 is 19.4 Å². The molecule has 0 fully saturated rings. The van der Waals surface area contributed by atoms with Crippen molar-refractivity contribution in [3.05, 3.63) is 29.8 Å². The predicted octanol–water partition coefficient (Wildman–Crippen LogP) is -0.162. The van der Waals surface area contributed by atoms with Crippen LogP contribution in [0.2, 0.25) is 0 Å². The Labute approximate surface area is 91.8 Å². The molecule has 1 aromatic carbocycles. The Morgan fingerprint density at radius 1 is 1.31 bits per heavy atom. The average Bonchev–Trinajstić information content (AvgIpc) is 2.26. The van der Waals surface area contributed by atoms with E-state index in [1.165, 1.54) is 12.1 Å². The highest BCUT2D eigenvalue weighted by Gasteiger charge is 2.15. The van der Waals surface area contributed by atoms with E-state index in [1.54, 1.807) is 12.1 Å². The molecule has 1 aromatic rings. The van der Waals surface area contributed by atoms with Gasteiger partial charge in [0.15, 0.2) is 0 Å². The zero-order chi connectivity index (χ0) is 12.1. The van der Waals surface area contributed by atoms with E-state index >= 15 is 0 Å². The fourth-order valence-corrected chi connectivity index (χ4v) is 0.939. The Hall–Kier alpha value is -2.08. The molecule has 6 nitrogen and oxygen atoms in total. The fourth-order valence-electron chi connectivity index (χ4n) is 0.939. The molecule has 5 N–H and O–H groups in total. The van der Waals surface area contributed by atoms with Crippen molar-refractivity contribution in [3.8, 4) is 0 Å². The van der Waals surface area contributed by atoms with Crippen LogP contribution in [0.3, 0.4) is 0 Å². The third-order valence-electron chi connectivity index (χ3n) is 1.86. The second kappa shape index (κ2) is 5.13. The zero-order valence-corrected chi connectivity index (χ0v) is 8.42. The van der Waals surface area contributed by atoms with Crippen LogP contribution < -0.4 is 11.5 Å². The Kier molecular flexibility index (Phi) is 3.84. The van der Waals surface area contributed by atoms with Crippen LogP contribution in [0.1, 0.15) is 10.4 Å². The molecular formula is C10H12N2O4. The highest BCUT2D eigenvalue weighted by atomic mass is 16.5. The van der Waals surface area contributed by atoms with Crippen molar-refractivity contribution in [2.45, 2.75) is 6.04 Å². The monoisotopic (exact) mass is 224 g/mol. The summed E-state index contributed by atoms with van der Waals surface area (Å²) in [5.74, 6) is -1.85. The number of carboxylic acid groups (broad SMARTS) is 1. The van der Waals surface area contributed by atoms with Gasteiger partial charge in [-0.05, 0) is 24.3 Å². The van der Waals surface area contributed by atoms with E-state index in [1.807, 2.05) is 0 Å². The summed E-state index contributed by atoms with van der Waals surface area (Å²) in [6, 6.07) is 4.87. The zero-order valence-electron chi connectivity index (χ0n) is 8.42. The van der Waals surface area contributed by atoms with Crippen molar-refractivity contribution in [1.82, 2.24) is 0 Å². The fraction of sp³-hybridized carbons (Fsp3) is 0.200. The normalized spacial score (nSPS) is 11.8. The van der Waals surface area contributed by atoms with Crippen LogP contribution in [0, 0.1) is 0 Å². The second-order valence-electron chi connectivity index (χ2n) is 3.17. The summed E-state index contributed by atoms with van der Waals surface area (Å²) in [5, 5.41) is 8.47. The number of carboxylic acids is 1. The topological polar surface area (TPSA) is 116 Å². The number of nitrogen functional groups attached to an aromatic ring is 1. The van der Waals surface area contributed by atoms with E-state index < -0.39 is 18.0 Å². The molecule has 0 aromatic heterocycles. The van der Waals surface area contributed by atoms with Crippen LogP contribution in [-0.2, 0) is 9.53 Å². The molecule has 0 bridgehead atoms. The lowest BCUT2D eigenvalue weighted by Crippen LogP contribution is -2.35. The lowest BCUT2D eigenvalue weighted by atomic mass is 10.2. The summed E-state index contributed by atoms with van der Waals surface area (Å²) < 4.78 is 4.71. The molecular weight excluding hydrogens is 212 g/mol. The van der Waals surface area contributed by atoms with Crippen LogP contribution in [0.4, 0.5) is 5.69 Å². The molecule has 0 unspecified atom stereocenters. The summed E-state index contributed by atoms with van der Waals surface area (Å²) in [5.41, 5.74) is 11.4. The molecule has 0 heterocycles. The van der Waals surface area contributed by atoms with Gasteiger partial charge in [-0.1, -0.05) is 0 Å². The van der Waals surface area contributed by atoms with Crippen LogP contribution >= 0.6 is 0 Å². The number of esters is 1. The maximum atomic E-state index is 11.4. The number of carbonyl (C=O) groups is 2. The standard InChI is InChI=1S/C10H12N2O4/c11-7-3-1-6(2-4-7)10(15)16-5-8(12)9(13)14/h1-4,8H,5,11-12H2,(H,13,14)/t8-/m0/s1. The summed E-state index contributed by atoms with van der Waals surface area (Å²) in [4.78, 5) is 21.7. The first-order chi connectivity index (χ1) is 7.50. The maximum absolute atomic E-state index is 11.4. The first-order valence-corrected chi connectivity index (χ1v) is 4.51. The van der Waals surface area contributed by atoms with Crippen molar-refractivity contribution in [2.75, 3.05) is 12.3 Å². The SMILES string of the molecule is Nc1ccc(C(=O)OC[C@H](N)C(=O)O)cc1. The van der Waals surface area contributed by atoms with Crippen molar-refractivity contribution in [2.24, 2.45) is 5.73 Å². The van der Waals surface area contributed by atoms with Gasteiger partial charge in [0, 0.05) is 5.69 Å². The molecule has 1 rings (SSSR count). The van der Waals surface area contributed by atoms with Gasteiger partial charge in [-0.2, -0.15) is 0 Å². The number of rotatable bonds is 4. The Morgan fingerprint density at radius 2 is 1.88 bits per heavy atom. The molecule has 0 aliphatic rings. The van der Waals surface area contributed by atoms with Crippen molar-refractivity contribution >= 4 is 17.6 Å². The molecule has 0 saturated heterocycles. The van der Waals surface area contributed by atoms with Crippen molar-refractivity contribution in [1.29, 1.82) is 0 Å². The minimum atomic E-state index is -1.22. The summed E-state index contributed by atoms with van der Waals surface area (Å²) in [7, 11) is 0. The third-order valence-corrected chi connectivity index (χ3v) is 1.86. The van der Waals surface area contributed by atoms with E-state index in [9.17, 15) is 9.59 Å². The van der Waals surface area contributed by atoms with Gasteiger partial charge in [-0.25, -0.2) is 4.79 Å². The number of carbonyl (C=O) groups excluding carboxylic acids is 1. The lowest BCUT2D eigenvalue weighted by Gasteiger charge is -2.07. The van der Waals surface area contributed by atoms with E-state index in [2.05, 4.69) is 0 Å². The Bertz CT molecular complexity index is 388. The van der Waals surface area contributed by atoms with Gasteiger partial charge in [0.1, 0.15) is 12.6 Å². The smallest absolute Gasteiger partial charge is 0.338 e. The molecule has 16 heavy (non-hydrogen) atoms. The van der Waals surface area contributed by atoms with E-state index in [4.69, 9.17) is 21.3 Å². The second-order valence-corrected chi connectivity index (χ2v) is 3.17. The van der Waals surface area contributed by atoms with Crippen LogP contribution in [0.5, 0.6) is 0 Å². The van der Waals surface area contributed by atoms with Gasteiger partial charge in [0.2, 0.25) is 0 Å². The molecule has 0 aliphatic heterocycles. The third kappa shape index (κ3) is 3.25. The Morgan fingerprint density at radius 3 is 2.38 bits per heavy atom. The first-order valence-electron chi connectivity index (χ1n) is 4.51. The maximum Gasteiger partial charge on any atom is 0.338 e. The van der Waals surface area contributed by atoms with E-state index in [0.717, 1.165) is 0 Å². The lowest BCUT2D eigenvalue weighted by molar-refractivity contribution is -0.139. The summed E-state index contributed by atoms with van der Waals surface area (Å²) in [6.07, 6.45) is 0. The molecule has 0 amide bonds. The van der Waals surface area contributed by atoms with E-state index in [-0.39, 0.29) is 6.61 Å². The summed E-state index contributed by atoms with van der Waals surface area (Å²) in [6.45, 7) is -0.363. The van der Waals surface area contributed by atoms with E-state index in [0.29, 0.717) is 11.3 Å². The number of hydrogen-bond acceptors (Lipinski definition) is 5. The highest BCUT2D eigenvalue weighted by Crippen LogP contribution is 2.06. The van der Waals surface area contributed by atoms with Crippen LogP contribution in [-0.4, -0.2) is 29.7 Å². The number of benzene rings is 1. The van der Waals surface area contributed by atoms with Gasteiger partial charge in [0.05, 0.1) is 5.56 Å². The molecule has 0 aliphatic carbocycles. The van der Waals surface area contributed by atoms with Gasteiger partial charge < -0.3 is 21.3 Å². The molecule has 0 spiro atoms. The number of anilines is 1. The van der Waals surface area contributed by atoms with Gasteiger partial charge in [-0.15, -0.1) is 0 Å². The quantitative estimate of drug-likeness (QED) is 0.483. The molecule has 0 radical (unpaired) electrons. The largest absolute Gasteiger partial charge is 0.480 e. The van der Waals surface area contributed by atoms with Gasteiger partial charge in [-0.3, -0.25) is 4.79 Å². The number of aliphatic carboxylic acids is 1. The minimum absolute atomic E-state index is 0.298. The highest BCUT2D eigenvalue weighted by molar-refractivity contribution is 5.90. The van der Waals surface area contributed by atoms with Gasteiger partial charge in [0.25, 0.3) is 0 Å².